The van der Waals surface area contributed by atoms with Crippen LogP contribution < -0.4 is 11.1 Å². The molecular formula is C13H17N5O. The van der Waals surface area contributed by atoms with Crippen LogP contribution in [0, 0.1) is 6.92 Å². The first kappa shape index (κ1) is 13.1. The number of nitrogens with one attached hydrogen (secondary N) is 1. The van der Waals surface area contributed by atoms with Gasteiger partial charge in [0, 0.05) is 25.5 Å². The molecule has 0 unspecified atom stereocenters. The lowest BCUT2D eigenvalue weighted by atomic mass is 10.2. The maximum atomic E-state index is 11.9. The van der Waals surface area contributed by atoms with Crippen LogP contribution in [-0.2, 0) is 6.54 Å². The predicted octanol–water partition coefficient (Wildman–Crippen LogP) is 0.989. The number of pyridine rings is 1. The molecule has 6 heteroatoms. The number of nitrogen functional groups attached to an aromatic ring is 1. The summed E-state index contributed by atoms with van der Waals surface area (Å²) in [6.45, 7) is 3.16. The highest BCUT2D eigenvalue weighted by atomic mass is 16.1. The van der Waals surface area contributed by atoms with E-state index in [9.17, 15) is 4.79 Å². The number of aryl methyl sites for hydroxylation is 2. The van der Waals surface area contributed by atoms with Gasteiger partial charge in [-0.05, 0) is 25.5 Å². The summed E-state index contributed by atoms with van der Waals surface area (Å²) in [5.41, 5.74) is 7.33. The molecule has 0 bridgehead atoms. The standard InChI is InChI=1S/C13H17N5O/c1-10-12(8-11(14)9-16-10)13(19)15-4-2-6-18-7-3-5-17-18/h3,5,7-9H,2,4,6,14H2,1H3,(H,15,19). The van der Waals surface area contributed by atoms with Gasteiger partial charge >= 0.3 is 0 Å². The van der Waals surface area contributed by atoms with Gasteiger partial charge < -0.3 is 11.1 Å². The summed E-state index contributed by atoms with van der Waals surface area (Å²) in [6.07, 6.45) is 6.00. The number of nitrogens with zero attached hydrogens (tertiary/aromatic N) is 3. The molecule has 0 aromatic carbocycles. The van der Waals surface area contributed by atoms with Crippen molar-refractivity contribution >= 4 is 11.6 Å². The molecule has 0 fully saturated rings. The van der Waals surface area contributed by atoms with Gasteiger partial charge in [0.1, 0.15) is 0 Å². The van der Waals surface area contributed by atoms with E-state index in [2.05, 4.69) is 15.4 Å². The number of hydrogen-bond acceptors (Lipinski definition) is 4. The summed E-state index contributed by atoms with van der Waals surface area (Å²) in [7, 11) is 0. The van der Waals surface area contributed by atoms with E-state index in [0.29, 0.717) is 23.5 Å². The highest BCUT2D eigenvalue weighted by Crippen LogP contribution is 2.09. The maximum absolute atomic E-state index is 11.9. The van der Waals surface area contributed by atoms with Crippen LogP contribution in [0.5, 0.6) is 0 Å². The number of anilines is 1. The monoisotopic (exact) mass is 259 g/mol. The van der Waals surface area contributed by atoms with E-state index < -0.39 is 0 Å². The topological polar surface area (TPSA) is 85.8 Å². The maximum Gasteiger partial charge on any atom is 0.253 e. The summed E-state index contributed by atoms with van der Waals surface area (Å²) in [6, 6.07) is 3.52. The Hall–Kier alpha value is -2.37. The molecule has 0 spiro atoms. The van der Waals surface area contributed by atoms with Gasteiger partial charge in [-0.3, -0.25) is 14.5 Å². The summed E-state index contributed by atoms with van der Waals surface area (Å²) in [5, 5.41) is 6.95. The number of carbonyl (C=O) groups excluding carboxylic acids is 1. The quantitative estimate of drug-likeness (QED) is 0.784. The molecule has 3 N–H and O–H groups in total. The molecule has 0 saturated heterocycles. The molecule has 19 heavy (non-hydrogen) atoms. The molecule has 0 aliphatic heterocycles. The van der Waals surface area contributed by atoms with Crippen LogP contribution in [0.15, 0.2) is 30.7 Å². The highest BCUT2D eigenvalue weighted by molar-refractivity contribution is 5.95. The van der Waals surface area contributed by atoms with Crippen molar-refractivity contribution in [1.29, 1.82) is 0 Å². The average Bonchev–Trinajstić information content (AvgIpc) is 2.90. The number of amides is 1. The Morgan fingerprint density at radius 2 is 2.37 bits per heavy atom. The van der Waals surface area contributed by atoms with Crippen LogP contribution >= 0.6 is 0 Å². The molecule has 2 rings (SSSR count). The number of nitrogens with two attached hydrogens (primary N) is 1. The minimum atomic E-state index is -0.141. The van der Waals surface area contributed by atoms with Gasteiger partial charge in [0.15, 0.2) is 0 Å². The van der Waals surface area contributed by atoms with Gasteiger partial charge in [-0.25, -0.2) is 0 Å². The first-order valence-electron chi connectivity index (χ1n) is 6.14. The Kier molecular flexibility index (Phi) is 4.12. The normalized spacial score (nSPS) is 10.4. The third-order valence-electron chi connectivity index (χ3n) is 2.76. The van der Waals surface area contributed by atoms with E-state index in [1.807, 2.05) is 16.9 Å². The van der Waals surface area contributed by atoms with Crippen molar-refractivity contribution < 1.29 is 4.79 Å². The smallest absolute Gasteiger partial charge is 0.253 e. The Labute approximate surface area is 111 Å². The van der Waals surface area contributed by atoms with E-state index in [1.54, 1.807) is 25.4 Å². The molecular weight excluding hydrogens is 242 g/mol. The van der Waals surface area contributed by atoms with E-state index in [0.717, 1.165) is 13.0 Å². The summed E-state index contributed by atoms with van der Waals surface area (Å²) < 4.78 is 1.83. The van der Waals surface area contributed by atoms with Gasteiger partial charge in [-0.1, -0.05) is 0 Å². The molecule has 0 aliphatic rings. The lowest BCUT2D eigenvalue weighted by molar-refractivity contribution is 0.0951. The zero-order valence-electron chi connectivity index (χ0n) is 10.8. The van der Waals surface area contributed by atoms with E-state index >= 15 is 0 Å². The van der Waals surface area contributed by atoms with Crippen molar-refractivity contribution in [2.45, 2.75) is 19.9 Å². The molecule has 0 atom stereocenters. The van der Waals surface area contributed by atoms with Crippen molar-refractivity contribution in [3.05, 3.63) is 42.0 Å². The van der Waals surface area contributed by atoms with Crippen molar-refractivity contribution in [3.63, 3.8) is 0 Å². The first-order valence-corrected chi connectivity index (χ1v) is 6.14. The van der Waals surface area contributed by atoms with Gasteiger partial charge in [-0.2, -0.15) is 5.10 Å². The molecule has 1 amide bonds. The number of carbonyl (C=O) groups is 1. The van der Waals surface area contributed by atoms with Crippen LogP contribution in [0.25, 0.3) is 0 Å². The zero-order chi connectivity index (χ0) is 13.7. The van der Waals surface area contributed by atoms with Crippen molar-refractivity contribution in [2.75, 3.05) is 12.3 Å². The van der Waals surface area contributed by atoms with Gasteiger partial charge in [0.25, 0.3) is 5.91 Å². The minimum Gasteiger partial charge on any atom is -0.397 e. The fourth-order valence-corrected chi connectivity index (χ4v) is 1.75. The summed E-state index contributed by atoms with van der Waals surface area (Å²) in [4.78, 5) is 16.0. The predicted molar refractivity (Wildman–Crippen MR) is 72.6 cm³/mol. The summed E-state index contributed by atoms with van der Waals surface area (Å²) >= 11 is 0. The molecule has 2 aromatic heterocycles. The molecule has 0 saturated carbocycles. The van der Waals surface area contributed by atoms with Gasteiger partial charge in [0.05, 0.1) is 23.1 Å². The van der Waals surface area contributed by atoms with Crippen LogP contribution in [0.1, 0.15) is 22.5 Å². The van der Waals surface area contributed by atoms with Gasteiger partial charge in [0.2, 0.25) is 0 Å². The second kappa shape index (κ2) is 5.99. The van der Waals surface area contributed by atoms with E-state index in [1.165, 1.54) is 0 Å². The van der Waals surface area contributed by atoms with Crippen molar-refractivity contribution in [2.24, 2.45) is 0 Å². The highest BCUT2D eigenvalue weighted by Gasteiger charge is 2.09. The van der Waals surface area contributed by atoms with Crippen LogP contribution in [0.3, 0.4) is 0 Å². The van der Waals surface area contributed by atoms with Gasteiger partial charge in [-0.15, -0.1) is 0 Å². The first-order chi connectivity index (χ1) is 9.16. The summed E-state index contributed by atoms with van der Waals surface area (Å²) in [5.74, 6) is -0.141. The Bertz CT molecular complexity index is 550. The zero-order valence-corrected chi connectivity index (χ0v) is 10.8. The van der Waals surface area contributed by atoms with Crippen LogP contribution in [0.2, 0.25) is 0 Å². The Morgan fingerprint density at radius 1 is 1.53 bits per heavy atom. The van der Waals surface area contributed by atoms with Crippen LogP contribution in [0.4, 0.5) is 5.69 Å². The van der Waals surface area contributed by atoms with Crippen molar-refractivity contribution in [1.82, 2.24) is 20.1 Å². The lowest BCUT2D eigenvalue weighted by Crippen LogP contribution is -2.26. The molecule has 2 heterocycles. The Balaban J connectivity index is 1.82. The third-order valence-corrected chi connectivity index (χ3v) is 2.76. The lowest BCUT2D eigenvalue weighted by Gasteiger charge is -2.08. The molecule has 100 valence electrons. The fourth-order valence-electron chi connectivity index (χ4n) is 1.75. The second-order valence-corrected chi connectivity index (χ2v) is 4.28. The average molecular weight is 259 g/mol. The molecule has 2 aromatic rings. The number of rotatable bonds is 5. The fraction of sp³-hybridized carbons (Fsp3) is 0.308. The molecule has 0 aliphatic carbocycles. The van der Waals surface area contributed by atoms with Crippen LogP contribution in [-0.4, -0.2) is 27.2 Å². The third kappa shape index (κ3) is 3.54. The number of hydrogen-bond donors (Lipinski definition) is 2. The number of aromatic nitrogens is 3. The second-order valence-electron chi connectivity index (χ2n) is 4.28. The Morgan fingerprint density at radius 3 is 3.11 bits per heavy atom. The SMILES string of the molecule is Cc1ncc(N)cc1C(=O)NCCCn1cccn1. The minimum absolute atomic E-state index is 0.141. The van der Waals surface area contributed by atoms with E-state index in [4.69, 9.17) is 5.73 Å². The largest absolute Gasteiger partial charge is 0.397 e. The molecule has 0 radical (unpaired) electrons. The molecule has 6 nitrogen and oxygen atoms in total. The van der Waals surface area contributed by atoms with E-state index in [-0.39, 0.29) is 5.91 Å². The van der Waals surface area contributed by atoms with Crippen molar-refractivity contribution in [3.8, 4) is 0 Å².